The van der Waals surface area contributed by atoms with E-state index in [0.29, 0.717) is 4.90 Å². The minimum atomic E-state index is -3.48. The summed E-state index contributed by atoms with van der Waals surface area (Å²) < 4.78 is 27.1. The highest BCUT2D eigenvalue weighted by atomic mass is 32.2. The SMILES string of the molecule is CC(C)(CN)NS(=O)(=O)c1ccc2c(c1)CCC2. The molecule has 0 heterocycles. The summed E-state index contributed by atoms with van der Waals surface area (Å²) in [4.78, 5) is 0.338. The number of fused-ring (bicyclic) bond motifs is 1. The Bertz CT molecular complexity index is 550. The van der Waals surface area contributed by atoms with Crippen molar-refractivity contribution < 1.29 is 8.42 Å². The Labute approximate surface area is 109 Å². The van der Waals surface area contributed by atoms with Crippen LogP contribution in [0.2, 0.25) is 0 Å². The summed E-state index contributed by atoms with van der Waals surface area (Å²) in [5.74, 6) is 0. The van der Waals surface area contributed by atoms with Crippen LogP contribution in [-0.4, -0.2) is 20.5 Å². The summed E-state index contributed by atoms with van der Waals surface area (Å²) in [6.45, 7) is 3.81. The molecule has 0 radical (unpaired) electrons. The van der Waals surface area contributed by atoms with E-state index in [0.717, 1.165) is 24.8 Å². The zero-order valence-electron chi connectivity index (χ0n) is 10.9. The highest BCUT2D eigenvalue weighted by Gasteiger charge is 2.25. The lowest BCUT2D eigenvalue weighted by molar-refractivity contribution is 0.462. The van der Waals surface area contributed by atoms with Crippen LogP contribution in [0.4, 0.5) is 0 Å². The molecular formula is C13H20N2O2S. The van der Waals surface area contributed by atoms with E-state index < -0.39 is 15.6 Å². The van der Waals surface area contributed by atoms with Crippen LogP contribution in [0.25, 0.3) is 0 Å². The van der Waals surface area contributed by atoms with E-state index in [9.17, 15) is 8.42 Å². The highest BCUT2D eigenvalue weighted by Crippen LogP contribution is 2.25. The molecule has 1 aromatic carbocycles. The molecule has 3 N–H and O–H groups in total. The standard InChI is InChI=1S/C13H20N2O2S/c1-13(2,9-14)15-18(16,17)12-7-6-10-4-3-5-11(10)8-12/h6-8,15H,3-5,9,14H2,1-2H3. The van der Waals surface area contributed by atoms with Crippen molar-refractivity contribution in [1.82, 2.24) is 4.72 Å². The van der Waals surface area contributed by atoms with Gasteiger partial charge < -0.3 is 5.73 Å². The zero-order chi connectivity index (χ0) is 13.4. The van der Waals surface area contributed by atoms with E-state index in [1.165, 1.54) is 5.56 Å². The molecule has 0 spiro atoms. The van der Waals surface area contributed by atoms with Gasteiger partial charge >= 0.3 is 0 Å². The average molecular weight is 268 g/mol. The molecule has 0 saturated carbocycles. The molecule has 18 heavy (non-hydrogen) atoms. The number of nitrogens with two attached hydrogens (primary N) is 1. The van der Waals surface area contributed by atoms with Gasteiger partial charge in [0.05, 0.1) is 4.90 Å². The summed E-state index contributed by atoms with van der Waals surface area (Å²) in [5.41, 5.74) is 7.35. The number of nitrogens with one attached hydrogen (secondary N) is 1. The highest BCUT2D eigenvalue weighted by molar-refractivity contribution is 7.89. The van der Waals surface area contributed by atoms with Gasteiger partial charge in [-0.2, -0.15) is 0 Å². The van der Waals surface area contributed by atoms with Gasteiger partial charge in [-0.25, -0.2) is 13.1 Å². The molecule has 0 amide bonds. The quantitative estimate of drug-likeness (QED) is 0.861. The van der Waals surface area contributed by atoms with Crippen LogP contribution in [0.5, 0.6) is 0 Å². The number of sulfonamides is 1. The fraction of sp³-hybridized carbons (Fsp3) is 0.538. The fourth-order valence-corrected chi connectivity index (χ4v) is 3.65. The summed E-state index contributed by atoms with van der Waals surface area (Å²) in [6, 6.07) is 5.39. The first-order valence-electron chi connectivity index (χ1n) is 6.20. The number of hydrogen-bond donors (Lipinski definition) is 2. The molecule has 0 aromatic heterocycles. The molecule has 0 bridgehead atoms. The number of benzene rings is 1. The molecule has 0 fully saturated rings. The monoisotopic (exact) mass is 268 g/mol. The third kappa shape index (κ3) is 2.74. The van der Waals surface area contributed by atoms with Crippen molar-refractivity contribution in [2.45, 2.75) is 43.5 Å². The third-order valence-corrected chi connectivity index (χ3v) is 5.00. The van der Waals surface area contributed by atoms with Crippen molar-refractivity contribution in [3.05, 3.63) is 29.3 Å². The molecule has 4 nitrogen and oxygen atoms in total. The summed E-state index contributed by atoms with van der Waals surface area (Å²) >= 11 is 0. The molecule has 100 valence electrons. The lowest BCUT2D eigenvalue weighted by Gasteiger charge is -2.24. The summed E-state index contributed by atoms with van der Waals surface area (Å²) in [7, 11) is -3.48. The van der Waals surface area contributed by atoms with Crippen LogP contribution in [0, 0.1) is 0 Å². The molecule has 0 aliphatic heterocycles. The van der Waals surface area contributed by atoms with Crippen molar-refractivity contribution in [3.8, 4) is 0 Å². The van der Waals surface area contributed by atoms with Gasteiger partial charge in [0, 0.05) is 12.1 Å². The van der Waals surface area contributed by atoms with Crippen molar-refractivity contribution >= 4 is 10.0 Å². The predicted octanol–water partition coefficient (Wildman–Crippen LogP) is 1.19. The van der Waals surface area contributed by atoms with Gasteiger partial charge in [0.15, 0.2) is 0 Å². The summed E-state index contributed by atoms with van der Waals surface area (Å²) in [5, 5.41) is 0. The van der Waals surface area contributed by atoms with Gasteiger partial charge in [0.25, 0.3) is 0 Å². The average Bonchev–Trinajstić information content (AvgIpc) is 2.74. The number of aryl methyl sites for hydroxylation is 2. The molecule has 0 unspecified atom stereocenters. The van der Waals surface area contributed by atoms with Crippen LogP contribution in [0.3, 0.4) is 0 Å². The number of hydrogen-bond acceptors (Lipinski definition) is 3. The molecule has 0 atom stereocenters. The van der Waals surface area contributed by atoms with Crippen LogP contribution in [-0.2, 0) is 22.9 Å². The Hall–Kier alpha value is -0.910. The van der Waals surface area contributed by atoms with Crippen molar-refractivity contribution in [2.75, 3.05) is 6.54 Å². The Balaban J connectivity index is 2.31. The van der Waals surface area contributed by atoms with E-state index in [1.807, 2.05) is 6.07 Å². The van der Waals surface area contributed by atoms with E-state index in [2.05, 4.69) is 4.72 Å². The second-order valence-corrected chi connectivity index (χ2v) is 7.16. The first kappa shape index (κ1) is 13.5. The number of rotatable bonds is 4. The fourth-order valence-electron chi connectivity index (χ4n) is 2.18. The molecule has 1 aromatic rings. The Morgan fingerprint density at radius 3 is 2.61 bits per heavy atom. The smallest absolute Gasteiger partial charge is 0.241 e. The van der Waals surface area contributed by atoms with Gasteiger partial charge in [0.1, 0.15) is 0 Å². The van der Waals surface area contributed by atoms with Gasteiger partial charge in [0.2, 0.25) is 10.0 Å². The molecule has 1 aliphatic carbocycles. The molecule has 5 heteroatoms. The van der Waals surface area contributed by atoms with Gasteiger partial charge in [-0.1, -0.05) is 6.07 Å². The zero-order valence-corrected chi connectivity index (χ0v) is 11.7. The molecular weight excluding hydrogens is 248 g/mol. The lowest BCUT2D eigenvalue weighted by Crippen LogP contribution is -2.48. The van der Waals surface area contributed by atoms with E-state index in [-0.39, 0.29) is 6.54 Å². The second-order valence-electron chi connectivity index (χ2n) is 5.48. The molecule has 1 aliphatic rings. The van der Waals surface area contributed by atoms with Crippen molar-refractivity contribution in [3.63, 3.8) is 0 Å². The van der Waals surface area contributed by atoms with E-state index in [1.54, 1.807) is 26.0 Å². The van der Waals surface area contributed by atoms with E-state index in [4.69, 9.17) is 5.73 Å². The molecule has 0 saturated heterocycles. The lowest BCUT2D eigenvalue weighted by atomic mass is 10.1. The first-order chi connectivity index (χ1) is 8.34. The topological polar surface area (TPSA) is 72.2 Å². The predicted molar refractivity (Wildman–Crippen MR) is 71.9 cm³/mol. The Kier molecular flexibility index (Phi) is 3.49. The van der Waals surface area contributed by atoms with Crippen LogP contribution in [0.15, 0.2) is 23.1 Å². The van der Waals surface area contributed by atoms with Crippen LogP contribution < -0.4 is 10.5 Å². The van der Waals surface area contributed by atoms with Crippen molar-refractivity contribution in [2.24, 2.45) is 5.73 Å². The van der Waals surface area contributed by atoms with Gasteiger partial charge in [-0.05, 0) is 56.4 Å². The Morgan fingerprint density at radius 1 is 1.28 bits per heavy atom. The first-order valence-corrected chi connectivity index (χ1v) is 7.68. The largest absolute Gasteiger partial charge is 0.329 e. The maximum Gasteiger partial charge on any atom is 0.241 e. The molecule has 2 rings (SSSR count). The van der Waals surface area contributed by atoms with Crippen molar-refractivity contribution in [1.29, 1.82) is 0 Å². The minimum absolute atomic E-state index is 0.261. The maximum atomic E-state index is 12.2. The van der Waals surface area contributed by atoms with Gasteiger partial charge in [-0.3, -0.25) is 0 Å². The van der Waals surface area contributed by atoms with Crippen LogP contribution in [0.1, 0.15) is 31.4 Å². The van der Waals surface area contributed by atoms with Crippen LogP contribution >= 0.6 is 0 Å². The maximum absolute atomic E-state index is 12.2. The second kappa shape index (κ2) is 4.64. The normalized spacial score (nSPS) is 15.7. The van der Waals surface area contributed by atoms with E-state index >= 15 is 0 Å². The third-order valence-electron chi connectivity index (χ3n) is 3.30. The Morgan fingerprint density at radius 2 is 1.94 bits per heavy atom. The minimum Gasteiger partial charge on any atom is -0.329 e. The van der Waals surface area contributed by atoms with Gasteiger partial charge in [-0.15, -0.1) is 0 Å². The summed E-state index contributed by atoms with van der Waals surface area (Å²) in [6.07, 6.45) is 3.14.